The number of phenols is 1. The molecule has 0 bridgehead atoms. The number of phenolic OH excluding ortho intramolecular Hbond substituents is 1. The van der Waals surface area contributed by atoms with Gasteiger partial charge < -0.3 is 40.1 Å². The number of rotatable bonds is 6. The number of anilines is 1. The van der Waals surface area contributed by atoms with Gasteiger partial charge in [0, 0.05) is 30.9 Å². The van der Waals surface area contributed by atoms with Crippen LogP contribution in [0, 0.1) is 5.82 Å². The summed E-state index contributed by atoms with van der Waals surface area (Å²) in [6, 6.07) is 10.6. The van der Waals surface area contributed by atoms with E-state index in [4.69, 9.17) is 4.74 Å². The maximum absolute atomic E-state index is 13.7. The fourth-order valence-electron chi connectivity index (χ4n) is 5.20. The number of benzene rings is 2. The number of aliphatic hydroxyl groups excluding tert-OH is 4. The number of carbonyl (C=O) groups excluding carboxylic acids is 1. The zero-order valence-corrected chi connectivity index (χ0v) is 20.9. The van der Waals surface area contributed by atoms with Crippen molar-refractivity contribution in [1.82, 2.24) is 19.9 Å². The Morgan fingerprint density at radius 1 is 1.05 bits per heavy atom. The highest BCUT2D eigenvalue weighted by molar-refractivity contribution is 5.82. The summed E-state index contributed by atoms with van der Waals surface area (Å²) in [5.41, 5.74) is 1.50. The Bertz CT molecular complexity index is 1290. The van der Waals surface area contributed by atoms with Crippen molar-refractivity contribution in [1.29, 1.82) is 0 Å². The summed E-state index contributed by atoms with van der Waals surface area (Å²) in [6.07, 6.45) is -4.18. The molecule has 0 saturated carbocycles. The van der Waals surface area contributed by atoms with E-state index in [9.17, 15) is 34.7 Å². The highest BCUT2D eigenvalue weighted by atomic mass is 19.1. The molecule has 2 saturated heterocycles. The third kappa shape index (κ3) is 5.31. The van der Waals surface area contributed by atoms with Crippen LogP contribution in [0.15, 0.2) is 54.7 Å². The van der Waals surface area contributed by atoms with E-state index in [2.05, 4.69) is 10.3 Å². The zero-order valence-electron chi connectivity index (χ0n) is 20.9. The van der Waals surface area contributed by atoms with E-state index in [0.29, 0.717) is 17.8 Å². The number of aliphatic hydroxyl groups is 4. The van der Waals surface area contributed by atoms with Crippen LogP contribution in [0.4, 0.5) is 10.1 Å². The second-order valence-corrected chi connectivity index (χ2v) is 9.67. The maximum Gasteiger partial charge on any atom is 0.254 e. The molecule has 12 nitrogen and oxygen atoms in total. The number of piperazine rings is 1. The van der Waals surface area contributed by atoms with Gasteiger partial charge in [-0.1, -0.05) is 17.3 Å². The molecule has 5 rings (SSSR count). The molecule has 3 heterocycles. The Labute approximate surface area is 223 Å². The first kappa shape index (κ1) is 27.0. The van der Waals surface area contributed by atoms with E-state index >= 15 is 0 Å². The van der Waals surface area contributed by atoms with E-state index in [-0.39, 0.29) is 25.4 Å². The summed E-state index contributed by atoms with van der Waals surface area (Å²) in [5, 5.41) is 59.6. The van der Waals surface area contributed by atoms with Gasteiger partial charge in [-0.15, -0.1) is 5.10 Å². The number of hydrogen-bond donors (Lipinski definition) is 5. The molecule has 13 heteroatoms. The summed E-state index contributed by atoms with van der Waals surface area (Å²) < 4.78 is 20.6. The van der Waals surface area contributed by atoms with Crippen molar-refractivity contribution in [2.45, 2.75) is 36.5 Å². The van der Waals surface area contributed by atoms with Gasteiger partial charge >= 0.3 is 0 Å². The summed E-state index contributed by atoms with van der Waals surface area (Å²) in [6.45, 7) is -0.103. The molecule has 0 aliphatic carbocycles. The minimum absolute atomic E-state index is 0.113. The molecule has 208 valence electrons. The van der Waals surface area contributed by atoms with Crippen molar-refractivity contribution in [2.75, 3.05) is 37.7 Å². The third-order valence-electron chi connectivity index (χ3n) is 7.26. The third-order valence-corrected chi connectivity index (χ3v) is 7.26. The summed E-state index contributed by atoms with van der Waals surface area (Å²) in [7, 11) is 0. The number of aromatic hydroxyl groups is 1. The van der Waals surface area contributed by atoms with Crippen LogP contribution in [0.2, 0.25) is 0 Å². The van der Waals surface area contributed by atoms with Gasteiger partial charge in [-0.3, -0.25) is 4.79 Å². The number of amides is 1. The quantitative estimate of drug-likeness (QED) is 0.274. The van der Waals surface area contributed by atoms with Crippen LogP contribution in [0.3, 0.4) is 0 Å². The summed E-state index contributed by atoms with van der Waals surface area (Å²) in [4.78, 5) is 17.0. The maximum atomic E-state index is 13.7. The Morgan fingerprint density at radius 2 is 1.82 bits per heavy atom. The lowest BCUT2D eigenvalue weighted by Crippen LogP contribution is -2.63. The van der Waals surface area contributed by atoms with Crippen molar-refractivity contribution < 1.29 is 39.5 Å². The van der Waals surface area contributed by atoms with Crippen LogP contribution in [0.5, 0.6) is 5.75 Å². The Balaban J connectivity index is 1.35. The Kier molecular flexibility index (Phi) is 7.77. The second kappa shape index (κ2) is 11.2. The second-order valence-electron chi connectivity index (χ2n) is 9.67. The molecule has 2 fully saturated rings. The predicted octanol–water partition coefficient (Wildman–Crippen LogP) is -0.478. The van der Waals surface area contributed by atoms with Gasteiger partial charge in [-0.05, 0) is 36.4 Å². The molecule has 2 aliphatic rings. The Morgan fingerprint density at radius 3 is 2.51 bits per heavy atom. The topological polar surface area (TPSA) is 165 Å². The predicted molar refractivity (Wildman–Crippen MR) is 135 cm³/mol. The van der Waals surface area contributed by atoms with Crippen molar-refractivity contribution >= 4 is 11.6 Å². The van der Waals surface area contributed by atoms with E-state index in [0.717, 1.165) is 5.69 Å². The number of halogens is 1. The zero-order chi connectivity index (χ0) is 27.7. The highest BCUT2D eigenvalue weighted by Crippen LogP contribution is 2.32. The lowest BCUT2D eigenvalue weighted by atomic mass is 9.91. The highest BCUT2D eigenvalue weighted by Gasteiger charge is 2.50. The van der Waals surface area contributed by atoms with Crippen LogP contribution in [0.1, 0.15) is 6.04 Å². The lowest BCUT2D eigenvalue weighted by molar-refractivity contribution is -0.212. The normalized spacial score (nSPS) is 27.5. The molecular weight excluding hydrogens is 513 g/mol. The van der Waals surface area contributed by atoms with Crippen LogP contribution < -0.4 is 4.90 Å². The minimum Gasteiger partial charge on any atom is -0.508 e. The largest absolute Gasteiger partial charge is 0.508 e. The molecule has 1 aromatic heterocycles. The van der Waals surface area contributed by atoms with Gasteiger partial charge in [-0.2, -0.15) is 0 Å². The van der Waals surface area contributed by atoms with Gasteiger partial charge in [0.05, 0.1) is 25.5 Å². The molecule has 39 heavy (non-hydrogen) atoms. The first-order valence-corrected chi connectivity index (χ1v) is 12.6. The fraction of sp³-hybridized carbons (Fsp3) is 0.423. The molecule has 0 spiro atoms. The molecule has 0 radical (unpaired) electrons. The van der Waals surface area contributed by atoms with Crippen molar-refractivity contribution in [3.8, 4) is 17.0 Å². The average molecular weight is 544 g/mol. The molecule has 2 aliphatic heterocycles. The summed E-state index contributed by atoms with van der Waals surface area (Å²) >= 11 is 0. The van der Waals surface area contributed by atoms with Crippen molar-refractivity contribution in [2.24, 2.45) is 0 Å². The van der Waals surface area contributed by atoms with Crippen molar-refractivity contribution in [3.05, 3.63) is 60.5 Å². The van der Waals surface area contributed by atoms with Crippen LogP contribution in [0.25, 0.3) is 11.3 Å². The molecule has 2 aromatic carbocycles. The number of ether oxygens (including phenoxy) is 1. The van der Waals surface area contributed by atoms with Gasteiger partial charge in [0.2, 0.25) is 0 Å². The molecule has 6 atom stereocenters. The van der Waals surface area contributed by atoms with E-state index in [1.807, 2.05) is 4.90 Å². The number of nitrogens with zero attached hydrogens (tertiary/aromatic N) is 5. The fourth-order valence-corrected chi connectivity index (χ4v) is 5.20. The van der Waals surface area contributed by atoms with Crippen LogP contribution in [-0.4, -0.2) is 115 Å². The van der Waals surface area contributed by atoms with Gasteiger partial charge in [0.25, 0.3) is 5.91 Å². The average Bonchev–Trinajstić information content (AvgIpc) is 3.43. The van der Waals surface area contributed by atoms with Gasteiger partial charge in [-0.25, -0.2) is 9.07 Å². The smallest absolute Gasteiger partial charge is 0.254 e. The first-order valence-electron chi connectivity index (χ1n) is 12.6. The number of hydrogen-bond acceptors (Lipinski definition) is 10. The molecule has 1 unspecified atom stereocenters. The van der Waals surface area contributed by atoms with E-state index < -0.39 is 54.8 Å². The van der Waals surface area contributed by atoms with Gasteiger partial charge in [0.15, 0.2) is 6.10 Å². The van der Waals surface area contributed by atoms with Crippen LogP contribution in [-0.2, 0) is 9.53 Å². The van der Waals surface area contributed by atoms with Crippen molar-refractivity contribution in [3.63, 3.8) is 0 Å². The number of carbonyl (C=O) groups is 1. The monoisotopic (exact) mass is 543 g/mol. The molecule has 5 N–H and O–H groups in total. The first-order chi connectivity index (χ1) is 18.8. The number of aromatic nitrogens is 3. The minimum atomic E-state index is -1.56. The SMILES string of the molecule is O=C([C@@H]1O[C@H](CO)[C@H](O)[C@H](n2cc(-c3cccc(F)c3)nn2)[C@H]1O)N1CCN(c2ccc(O)cc2)C(CO)C1. The Hall–Kier alpha value is -3.62. The van der Waals surface area contributed by atoms with Crippen LogP contribution >= 0.6 is 0 Å². The lowest BCUT2D eigenvalue weighted by Gasteiger charge is -2.46. The van der Waals surface area contributed by atoms with E-state index in [1.54, 1.807) is 18.2 Å². The summed E-state index contributed by atoms with van der Waals surface area (Å²) in [5.74, 6) is -0.917. The van der Waals surface area contributed by atoms with E-state index in [1.165, 1.54) is 46.1 Å². The standard InChI is InChI=1S/C26H30FN5O7/c27-16-3-1-2-15(10-16)20-12-32(29-28-20)22-23(36)21(14-34)39-25(24(22)37)26(38)30-8-9-31(18(11-30)13-33)17-4-6-19(35)7-5-17/h1-7,10,12,18,21-25,33-37H,8-9,11,13-14H2/t18?,21-,22+,23+,24-,25-/m1/s1. The molecule has 3 aromatic rings. The molecular formula is C26H30FN5O7. The van der Waals surface area contributed by atoms with Gasteiger partial charge in [0.1, 0.15) is 41.6 Å². The molecule has 1 amide bonds.